The molecule has 3 aromatic carbocycles. The van der Waals surface area contributed by atoms with Crippen LogP contribution in [0.1, 0.15) is 12.0 Å². The van der Waals surface area contributed by atoms with Gasteiger partial charge in [-0.15, -0.1) is 0 Å². The lowest BCUT2D eigenvalue weighted by Crippen LogP contribution is -2.15. The molecule has 33 heavy (non-hydrogen) atoms. The molecule has 7 nitrogen and oxygen atoms in total. The van der Waals surface area contributed by atoms with Crippen molar-refractivity contribution in [3.63, 3.8) is 0 Å². The number of rotatable bonds is 8. The number of amides is 1. The van der Waals surface area contributed by atoms with Gasteiger partial charge < -0.3 is 14.8 Å². The standard InChI is InChI=1S/C25H24N4O3S/c1-17-6-5-7-18(16-17)24-27-28-25(33)29(24)15-14-23(30)26-19-10-12-20(13-11-19)32-22-9-4-3-8-21(22)31-2/h3-13,16H,14-15H2,1-2H3,(H,26,30)(H,28,33). The van der Waals surface area contributed by atoms with Crippen LogP contribution >= 0.6 is 12.2 Å². The highest BCUT2D eigenvalue weighted by Gasteiger charge is 2.11. The van der Waals surface area contributed by atoms with Gasteiger partial charge in [-0.1, -0.05) is 35.9 Å². The second kappa shape index (κ2) is 10.1. The molecule has 0 spiro atoms. The van der Waals surface area contributed by atoms with Crippen molar-refractivity contribution in [3.8, 4) is 28.6 Å². The molecule has 0 atom stereocenters. The average molecular weight is 461 g/mol. The van der Waals surface area contributed by atoms with Crippen molar-refractivity contribution in [3.05, 3.63) is 83.1 Å². The molecule has 0 aliphatic rings. The molecular formula is C25H24N4O3S. The summed E-state index contributed by atoms with van der Waals surface area (Å²) in [6.07, 6.45) is 0.256. The number of anilines is 1. The van der Waals surface area contributed by atoms with Gasteiger partial charge in [0.15, 0.2) is 22.1 Å². The third-order valence-corrected chi connectivity index (χ3v) is 5.34. The number of aromatic amines is 1. The first kappa shape index (κ1) is 22.3. The van der Waals surface area contributed by atoms with Crippen molar-refractivity contribution < 1.29 is 14.3 Å². The smallest absolute Gasteiger partial charge is 0.226 e. The van der Waals surface area contributed by atoms with E-state index in [2.05, 4.69) is 15.5 Å². The maximum absolute atomic E-state index is 12.5. The summed E-state index contributed by atoms with van der Waals surface area (Å²) in [7, 11) is 1.60. The Hall–Kier alpha value is -3.91. The molecular weight excluding hydrogens is 436 g/mol. The number of hydrogen-bond acceptors (Lipinski definition) is 5. The van der Waals surface area contributed by atoms with Crippen LogP contribution in [-0.4, -0.2) is 27.8 Å². The first-order valence-corrected chi connectivity index (χ1v) is 10.9. The number of methoxy groups -OCH3 is 1. The number of ether oxygens (including phenoxy) is 2. The summed E-state index contributed by atoms with van der Waals surface area (Å²) in [6, 6.07) is 22.6. The normalized spacial score (nSPS) is 10.6. The number of nitrogens with zero attached hydrogens (tertiary/aromatic N) is 2. The molecule has 0 bridgehead atoms. The maximum atomic E-state index is 12.5. The fourth-order valence-electron chi connectivity index (χ4n) is 3.40. The van der Waals surface area contributed by atoms with Gasteiger partial charge in [0.25, 0.3) is 0 Å². The Morgan fingerprint density at radius 1 is 1.06 bits per heavy atom. The Balaban J connectivity index is 1.37. The Morgan fingerprint density at radius 3 is 2.55 bits per heavy atom. The van der Waals surface area contributed by atoms with E-state index in [0.717, 1.165) is 11.1 Å². The minimum absolute atomic E-state index is 0.119. The zero-order valence-electron chi connectivity index (χ0n) is 18.4. The molecule has 0 saturated carbocycles. The number of para-hydroxylation sites is 2. The molecule has 0 aliphatic carbocycles. The van der Waals surface area contributed by atoms with Gasteiger partial charge in [0.2, 0.25) is 5.91 Å². The molecule has 0 fully saturated rings. The molecule has 0 radical (unpaired) electrons. The van der Waals surface area contributed by atoms with E-state index in [9.17, 15) is 4.79 Å². The van der Waals surface area contributed by atoms with Crippen LogP contribution in [0.2, 0.25) is 0 Å². The summed E-state index contributed by atoms with van der Waals surface area (Å²) in [5, 5.41) is 10.1. The number of carbonyl (C=O) groups excluding carboxylic acids is 1. The first-order chi connectivity index (χ1) is 16.0. The second-order valence-corrected chi connectivity index (χ2v) is 7.84. The van der Waals surface area contributed by atoms with E-state index < -0.39 is 0 Å². The molecule has 1 heterocycles. The summed E-state index contributed by atoms with van der Waals surface area (Å²) >= 11 is 5.36. The van der Waals surface area contributed by atoms with Crippen LogP contribution < -0.4 is 14.8 Å². The van der Waals surface area contributed by atoms with Gasteiger partial charge >= 0.3 is 0 Å². The van der Waals surface area contributed by atoms with E-state index in [1.54, 1.807) is 31.4 Å². The summed E-state index contributed by atoms with van der Waals surface area (Å²) in [4.78, 5) is 12.5. The van der Waals surface area contributed by atoms with E-state index in [-0.39, 0.29) is 12.3 Å². The molecule has 4 rings (SSSR count). The fraction of sp³-hybridized carbons (Fsp3) is 0.160. The van der Waals surface area contributed by atoms with Crippen molar-refractivity contribution >= 4 is 23.8 Å². The quantitative estimate of drug-likeness (QED) is 0.328. The molecule has 8 heteroatoms. The van der Waals surface area contributed by atoms with Gasteiger partial charge in [0.05, 0.1) is 7.11 Å². The van der Waals surface area contributed by atoms with Crippen LogP contribution in [-0.2, 0) is 11.3 Å². The largest absolute Gasteiger partial charge is 0.493 e. The molecule has 1 amide bonds. The minimum Gasteiger partial charge on any atom is -0.493 e. The predicted molar refractivity (Wildman–Crippen MR) is 130 cm³/mol. The molecule has 2 N–H and O–H groups in total. The number of hydrogen-bond donors (Lipinski definition) is 2. The van der Waals surface area contributed by atoms with Gasteiger partial charge in [-0.2, -0.15) is 5.10 Å². The van der Waals surface area contributed by atoms with Crippen LogP contribution in [0.5, 0.6) is 17.2 Å². The predicted octanol–water partition coefficient (Wildman–Crippen LogP) is 5.75. The van der Waals surface area contributed by atoms with Crippen LogP contribution in [0, 0.1) is 11.7 Å². The number of H-pyrrole nitrogens is 1. The molecule has 168 valence electrons. The zero-order chi connectivity index (χ0) is 23.2. The highest BCUT2D eigenvalue weighted by Crippen LogP contribution is 2.31. The minimum atomic E-state index is -0.119. The van der Waals surface area contributed by atoms with E-state index >= 15 is 0 Å². The van der Waals surface area contributed by atoms with E-state index in [0.29, 0.717) is 40.1 Å². The first-order valence-electron chi connectivity index (χ1n) is 10.5. The Labute approximate surface area is 197 Å². The number of carbonyl (C=O) groups is 1. The SMILES string of the molecule is COc1ccccc1Oc1ccc(NC(=O)CCn2c(-c3cccc(C)c3)n[nH]c2=S)cc1. The van der Waals surface area contributed by atoms with Crippen molar-refractivity contribution in [2.24, 2.45) is 0 Å². The highest BCUT2D eigenvalue weighted by molar-refractivity contribution is 7.71. The second-order valence-electron chi connectivity index (χ2n) is 7.45. The lowest BCUT2D eigenvalue weighted by atomic mass is 10.1. The average Bonchev–Trinajstić information content (AvgIpc) is 3.19. The molecule has 0 unspecified atom stereocenters. The van der Waals surface area contributed by atoms with Gasteiger partial charge in [-0.05, 0) is 61.6 Å². The summed E-state index contributed by atoms with van der Waals surface area (Å²) in [6.45, 7) is 2.44. The zero-order valence-corrected chi connectivity index (χ0v) is 19.2. The Morgan fingerprint density at radius 2 is 1.82 bits per heavy atom. The van der Waals surface area contributed by atoms with Crippen LogP contribution in [0.15, 0.2) is 72.8 Å². The Kier molecular flexibility index (Phi) is 6.85. The topological polar surface area (TPSA) is 81.2 Å². The number of benzene rings is 3. The van der Waals surface area contributed by atoms with Crippen LogP contribution in [0.3, 0.4) is 0 Å². The summed E-state index contributed by atoms with van der Waals surface area (Å²) in [5.41, 5.74) is 2.76. The number of nitrogens with one attached hydrogen (secondary N) is 2. The highest BCUT2D eigenvalue weighted by atomic mass is 32.1. The van der Waals surface area contributed by atoms with Gasteiger partial charge in [0.1, 0.15) is 5.75 Å². The van der Waals surface area contributed by atoms with E-state index in [1.165, 1.54) is 0 Å². The van der Waals surface area contributed by atoms with Crippen LogP contribution in [0.4, 0.5) is 5.69 Å². The van der Waals surface area contributed by atoms with Crippen LogP contribution in [0.25, 0.3) is 11.4 Å². The van der Waals surface area contributed by atoms with Crippen molar-refractivity contribution in [2.45, 2.75) is 19.9 Å². The third kappa shape index (κ3) is 5.48. The molecule has 1 aromatic heterocycles. The molecule has 0 saturated heterocycles. The summed E-state index contributed by atoms with van der Waals surface area (Å²) in [5.74, 6) is 2.52. The number of aryl methyl sites for hydroxylation is 1. The molecule has 0 aliphatic heterocycles. The van der Waals surface area contributed by atoms with Gasteiger partial charge in [-0.25, -0.2) is 0 Å². The Bertz CT molecular complexity index is 1310. The van der Waals surface area contributed by atoms with Gasteiger partial charge in [0, 0.05) is 24.2 Å². The van der Waals surface area contributed by atoms with E-state index in [4.69, 9.17) is 21.7 Å². The maximum Gasteiger partial charge on any atom is 0.226 e. The van der Waals surface area contributed by atoms with Crippen molar-refractivity contribution in [2.75, 3.05) is 12.4 Å². The lowest BCUT2D eigenvalue weighted by Gasteiger charge is -2.11. The van der Waals surface area contributed by atoms with Crippen molar-refractivity contribution in [1.29, 1.82) is 0 Å². The third-order valence-electron chi connectivity index (χ3n) is 5.03. The molecule has 4 aromatic rings. The van der Waals surface area contributed by atoms with Crippen molar-refractivity contribution in [1.82, 2.24) is 14.8 Å². The number of aromatic nitrogens is 3. The summed E-state index contributed by atoms with van der Waals surface area (Å²) < 4.78 is 13.5. The van der Waals surface area contributed by atoms with E-state index in [1.807, 2.05) is 60.0 Å². The van der Waals surface area contributed by atoms with Gasteiger partial charge in [-0.3, -0.25) is 14.5 Å². The monoisotopic (exact) mass is 460 g/mol. The fourth-order valence-corrected chi connectivity index (χ4v) is 3.63. The lowest BCUT2D eigenvalue weighted by molar-refractivity contribution is -0.116.